The van der Waals surface area contributed by atoms with Crippen molar-refractivity contribution >= 4 is 10.0 Å². The molecule has 0 radical (unpaired) electrons. The van der Waals surface area contributed by atoms with Gasteiger partial charge in [0.25, 0.3) is 0 Å². The molecule has 1 atom stereocenters. The third-order valence-electron chi connectivity index (χ3n) is 4.43. The second-order valence-electron chi connectivity index (χ2n) is 6.31. The highest BCUT2D eigenvalue weighted by molar-refractivity contribution is 7.89. The number of allylic oxidation sites excluding steroid dienone is 1. The summed E-state index contributed by atoms with van der Waals surface area (Å²) in [5.41, 5.74) is 2.94. The Morgan fingerprint density at radius 1 is 1.12 bits per heavy atom. The van der Waals surface area contributed by atoms with Gasteiger partial charge in [0.2, 0.25) is 10.0 Å². The molecular weight excluding hydrogens is 342 g/mol. The Morgan fingerprint density at radius 2 is 1.81 bits per heavy atom. The van der Waals surface area contributed by atoms with Crippen LogP contribution in [0.15, 0.2) is 83.8 Å². The van der Waals surface area contributed by atoms with Gasteiger partial charge in [0.1, 0.15) is 0 Å². The van der Waals surface area contributed by atoms with Gasteiger partial charge in [-0.1, -0.05) is 53.8 Å². The quantitative estimate of drug-likeness (QED) is 0.615. The lowest BCUT2D eigenvalue weighted by Gasteiger charge is -2.15. The Balaban J connectivity index is 1.83. The first kappa shape index (κ1) is 18.2. The molecule has 0 spiro atoms. The molecule has 132 valence electrons. The molecular formula is C22H21NO2S. The van der Waals surface area contributed by atoms with Crippen molar-refractivity contribution in [1.29, 1.82) is 0 Å². The number of aryl methyl sites for hydroxylation is 1. The van der Waals surface area contributed by atoms with Crippen LogP contribution in [0.2, 0.25) is 0 Å². The number of hydrogen-bond acceptors (Lipinski definition) is 2. The van der Waals surface area contributed by atoms with Gasteiger partial charge in [0, 0.05) is 24.6 Å². The number of sulfonamides is 1. The third kappa shape index (κ3) is 3.96. The van der Waals surface area contributed by atoms with Crippen molar-refractivity contribution in [1.82, 2.24) is 4.31 Å². The SMILES string of the molecule is C=CC1CN(S(=O)(=O)c2ccc(C)cc2)C/C1=C/C#Cc1ccccc1. The van der Waals surface area contributed by atoms with Gasteiger partial charge in [-0.3, -0.25) is 0 Å². The lowest BCUT2D eigenvalue weighted by Crippen LogP contribution is -2.28. The Hall–Kier alpha value is -2.61. The van der Waals surface area contributed by atoms with Gasteiger partial charge >= 0.3 is 0 Å². The summed E-state index contributed by atoms with van der Waals surface area (Å²) in [4.78, 5) is 0.322. The molecule has 0 bridgehead atoms. The lowest BCUT2D eigenvalue weighted by atomic mass is 10.0. The summed E-state index contributed by atoms with van der Waals surface area (Å²) in [7, 11) is -3.51. The fraction of sp³-hybridized carbons (Fsp3) is 0.182. The highest BCUT2D eigenvalue weighted by Crippen LogP contribution is 2.28. The van der Waals surface area contributed by atoms with E-state index in [0.29, 0.717) is 18.0 Å². The van der Waals surface area contributed by atoms with E-state index >= 15 is 0 Å². The predicted octanol–water partition coefficient (Wildman–Crippen LogP) is 3.78. The van der Waals surface area contributed by atoms with Crippen molar-refractivity contribution < 1.29 is 8.42 Å². The number of benzene rings is 2. The minimum atomic E-state index is -3.51. The molecule has 26 heavy (non-hydrogen) atoms. The molecule has 0 amide bonds. The van der Waals surface area contributed by atoms with E-state index in [1.807, 2.05) is 55.5 Å². The lowest BCUT2D eigenvalue weighted by molar-refractivity contribution is 0.471. The largest absolute Gasteiger partial charge is 0.243 e. The van der Waals surface area contributed by atoms with Gasteiger partial charge in [0.15, 0.2) is 0 Å². The van der Waals surface area contributed by atoms with Crippen LogP contribution in [-0.2, 0) is 10.0 Å². The summed E-state index contributed by atoms with van der Waals surface area (Å²) >= 11 is 0. The van der Waals surface area contributed by atoms with Gasteiger partial charge in [-0.2, -0.15) is 4.31 Å². The Morgan fingerprint density at radius 3 is 2.46 bits per heavy atom. The zero-order valence-electron chi connectivity index (χ0n) is 14.7. The first-order chi connectivity index (χ1) is 12.5. The van der Waals surface area contributed by atoms with Gasteiger partial charge in [-0.15, -0.1) is 6.58 Å². The van der Waals surface area contributed by atoms with Gasteiger partial charge in [0.05, 0.1) is 4.90 Å². The van der Waals surface area contributed by atoms with Crippen LogP contribution < -0.4 is 0 Å². The van der Waals surface area contributed by atoms with Gasteiger partial charge < -0.3 is 0 Å². The second kappa shape index (κ2) is 7.74. The monoisotopic (exact) mass is 363 g/mol. The molecule has 0 N–H and O–H groups in total. The molecule has 4 heteroatoms. The summed E-state index contributed by atoms with van der Waals surface area (Å²) < 4.78 is 27.3. The van der Waals surface area contributed by atoms with E-state index in [1.165, 1.54) is 4.31 Å². The van der Waals surface area contributed by atoms with E-state index in [4.69, 9.17) is 0 Å². The molecule has 1 unspecified atom stereocenters. The summed E-state index contributed by atoms with van der Waals surface area (Å²) in [5.74, 6) is 6.11. The maximum atomic E-state index is 12.9. The molecule has 1 fully saturated rings. The molecule has 3 nitrogen and oxygen atoms in total. The van der Waals surface area contributed by atoms with Crippen LogP contribution in [0.1, 0.15) is 11.1 Å². The fourth-order valence-corrected chi connectivity index (χ4v) is 4.33. The highest BCUT2D eigenvalue weighted by atomic mass is 32.2. The summed E-state index contributed by atoms with van der Waals surface area (Å²) in [6.45, 7) is 6.53. The van der Waals surface area contributed by atoms with Crippen LogP contribution in [0.3, 0.4) is 0 Å². The van der Waals surface area contributed by atoms with Crippen LogP contribution in [0.25, 0.3) is 0 Å². The first-order valence-electron chi connectivity index (χ1n) is 8.45. The summed E-state index contributed by atoms with van der Waals surface area (Å²) in [6.07, 6.45) is 3.62. The van der Waals surface area contributed by atoms with Crippen molar-refractivity contribution in [3.05, 3.63) is 90.0 Å². The van der Waals surface area contributed by atoms with Gasteiger partial charge in [-0.25, -0.2) is 8.42 Å². The van der Waals surface area contributed by atoms with E-state index in [0.717, 1.165) is 16.7 Å². The Labute approximate surface area is 155 Å². The van der Waals surface area contributed by atoms with Crippen LogP contribution in [0.4, 0.5) is 0 Å². The van der Waals surface area contributed by atoms with Crippen molar-refractivity contribution in [2.45, 2.75) is 11.8 Å². The van der Waals surface area contributed by atoms with Crippen molar-refractivity contribution in [3.8, 4) is 11.8 Å². The van der Waals surface area contributed by atoms with Gasteiger partial charge in [-0.05, 0) is 42.8 Å². The molecule has 0 aliphatic carbocycles. The van der Waals surface area contributed by atoms with E-state index < -0.39 is 10.0 Å². The number of hydrogen-bond donors (Lipinski definition) is 0. The minimum Gasteiger partial charge on any atom is -0.207 e. The first-order valence-corrected chi connectivity index (χ1v) is 9.89. The zero-order chi connectivity index (χ0) is 18.6. The molecule has 1 aliphatic heterocycles. The third-order valence-corrected chi connectivity index (χ3v) is 6.25. The maximum absolute atomic E-state index is 12.9. The van der Waals surface area contributed by atoms with Crippen LogP contribution >= 0.6 is 0 Å². The molecule has 2 aromatic carbocycles. The number of rotatable bonds is 3. The van der Waals surface area contributed by atoms with Crippen molar-refractivity contribution in [2.75, 3.05) is 13.1 Å². The van der Waals surface area contributed by atoms with E-state index in [2.05, 4.69) is 18.4 Å². The minimum absolute atomic E-state index is 0.0136. The van der Waals surface area contributed by atoms with Crippen LogP contribution in [0.5, 0.6) is 0 Å². The summed E-state index contributed by atoms with van der Waals surface area (Å²) in [6, 6.07) is 16.7. The van der Waals surface area contributed by atoms with Crippen LogP contribution in [0, 0.1) is 24.7 Å². The molecule has 0 aromatic heterocycles. The highest BCUT2D eigenvalue weighted by Gasteiger charge is 2.34. The molecule has 1 heterocycles. The Bertz CT molecular complexity index is 978. The smallest absolute Gasteiger partial charge is 0.207 e. The zero-order valence-corrected chi connectivity index (χ0v) is 15.5. The van der Waals surface area contributed by atoms with E-state index in [1.54, 1.807) is 18.2 Å². The molecule has 0 saturated carbocycles. The fourth-order valence-electron chi connectivity index (χ4n) is 2.88. The van der Waals surface area contributed by atoms with E-state index in [-0.39, 0.29) is 5.92 Å². The molecule has 3 rings (SSSR count). The van der Waals surface area contributed by atoms with Crippen molar-refractivity contribution in [2.24, 2.45) is 5.92 Å². The molecule has 1 aliphatic rings. The standard InChI is InChI=1S/C22H21NO2S/c1-3-20-16-23(26(24,25)22-14-12-18(2)13-15-22)17-21(20)11-7-10-19-8-5-4-6-9-19/h3-6,8-9,11-15,20H,1,16-17H2,2H3/b21-11-. The predicted molar refractivity (Wildman–Crippen MR) is 105 cm³/mol. The average molecular weight is 363 g/mol. The van der Waals surface area contributed by atoms with E-state index in [9.17, 15) is 8.42 Å². The number of nitrogens with zero attached hydrogens (tertiary/aromatic N) is 1. The molecule has 1 saturated heterocycles. The molecule has 2 aromatic rings. The summed E-state index contributed by atoms with van der Waals surface area (Å²) in [5, 5.41) is 0. The van der Waals surface area contributed by atoms with Crippen molar-refractivity contribution in [3.63, 3.8) is 0 Å². The van der Waals surface area contributed by atoms with Crippen LogP contribution in [-0.4, -0.2) is 25.8 Å². The topological polar surface area (TPSA) is 37.4 Å². The maximum Gasteiger partial charge on any atom is 0.243 e. The normalized spacial score (nSPS) is 19.1. The Kier molecular flexibility index (Phi) is 5.41. The average Bonchev–Trinajstić information content (AvgIpc) is 3.07. The second-order valence-corrected chi connectivity index (χ2v) is 8.25.